The third-order valence-electron chi connectivity index (χ3n) is 7.35. The van der Waals surface area contributed by atoms with E-state index in [1.54, 1.807) is 33.9 Å². The summed E-state index contributed by atoms with van der Waals surface area (Å²) in [5.41, 5.74) is 3.14. The highest BCUT2D eigenvalue weighted by molar-refractivity contribution is 7.14. The summed E-state index contributed by atoms with van der Waals surface area (Å²) in [7, 11) is 0. The van der Waals surface area contributed by atoms with Gasteiger partial charge < -0.3 is 24.2 Å². The molecule has 0 saturated carbocycles. The van der Waals surface area contributed by atoms with E-state index >= 15 is 0 Å². The minimum absolute atomic E-state index is 0.0685. The van der Waals surface area contributed by atoms with Gasteiger partial charge in [-0.05, 0) is 66.9 Å². The van der Waals surface area contributed by atoms with Crippen LogP contribution in [0.4, 0.5) is 15.2 Å². The Morgan fingerprint density at radius 3 is 2.78 bits per heavy atom. The van der Waals surface area contributed by atoms with Crippen LogP contribution in [0, 0.1) is 5.95 Å². The number of aliphatic hydroxyl groups excluding tert-OH is 1. The van der Waals surface area contributed by atoms with E-state index in [0.717, 1.165) is 36.5 Å². The van der Waals surface area contributed by atoms with Gasteiger partial charge >= 0.3 is 0 Å². The number of hydrogen-bond acceptors (Lipinski definition) is 8. The number of amides is 2. The molecule has 2 saturated heterocycles. The van der Waals surface area contributed by atoms with Gasteiger partial charge in [-0.2, -0.15) is 4.39 Å². The maximum Gasteiger partial charge on any atom is 0.274 e. The number of nitrogens with one attached hydrogen (secondary N) is 1. The Balaban J connectivity index is 1.07. The number of likely N-dealkylation sites (tertiary alicyclic amines) is 1. The van der Waals surface area contributed by atoms with Gasteiger partial charge in [0.15, 0.2) is 5.13 Å². The molecule has 0 unspecified atom stereocenters. The van der Waals surface area contributed by atoms with Crippen molar-refractivity contribution in [2.24, 2.45) is 0 Å². The van der Waals surface area contributed by atoms with Crippen molar-refractivity contribution in [1.82, 2.24) is 19.4 Å². The zero-order valence-corrected chi connectivity index (χ0v) is 23.0. The molecule has 2 aliphatic heterocycles. The van der Waals surface area contributed by atoms with E-state index in [1.165, 1.54) is 23.6 Å². The molecule has 3 aromatic heterocycles. The van der Waals surface area contributed by atoms with Gasteiger partial charge in [0.2, 0.25) is 11.9 Å². The fourth-order valence-corrected chi connectivity index (χ4v) is 6.01. The number of pyridine rings is 1. The normalized spacial score (nSPS) is 17.0. The number of benzene rings is 1. The maximum absolute atomic E-state index is 13.5. The summed E-state index contributed by atoms with van der Waals surface area (Å²) in [5, 5.41) is 14.4. The van der Waals surface area contributed by atoms with Crippen molar-refractivity contribution in [3.8, 4) is 5.75 Å². The van der Waals surface area contributed by atoms with Gasteiger partial charge in [-0.1, -0.05) is 0 Å². The molecule has 1 atom stereocenters. The zero-order valence-electron chi connectivity index (χ0n) is 22.1. The molecule has 2 fully saturated rings. The fourth-order valence-electron chi connectivity index (χ4n) is 5.26. The Kier molecular flexibility index (Phi) is 7.66. The molecule has 5 heterocycles. The van der Waals surface area contributed by atoms with E-state index in [-0.39, 0.29) is 24.0 Å². The Hall–Kier alpha value is -4.29. The molecule has 10 nitrogen and oxygen atoms in total. The van der Waals surface area contributed by atoms with Crippen LogP contribution in [0.1, 0.15) is 40.6 Å². The number of anilines is 2. The van der Waals surface area contributed by atoms with E-state index in [9.17, 15) is 14.0 Å². The Morgan fingerprint density at radius 1 is 1.17 bits per heavy atom. The van der Waals surface area contributed by atoms with Crippen LogP contribution in [-0.2, 0) is 11.3 Å². The highest BCUT2D eigenvalue weighted by Gasteiger charge is 2.32. The number of rotatable bonds is 9. The fraction of sp³-hybridized carbons (Fsp3) is 0.310. The van der Waals surface area contributed by atoms with Gasteiger partial charge in [0.25, 0.3) is 5.91 Å². The lowest BCUT2D eigenvalue weighted by Crippen LogP contribution is -2.56. The second-order valence-corrected chi connectivity index (χ2v) is 10.9. The number of thiazole rings is 1. The molecular weight excluding hydrogens is 547 g/mol. The van der Waals surface area contributed by atoms with Crippen LogP contribution in [0.25, 0.3) is 0 Å². The monoisotopic (exact) mass is 576 g/mol. The van der Waals surface area contributed by atoms with Crippen LogP contribution in [-0.4, -0.2) is 68.7 Å². The second-order valence-electron chi connectivity index (χ2n) is 10.1. The van der Waals surface area contributed by atoms with E-state index in [2.05, 4.69) is 15.2 Å². The predicted octanol–water partition coefficient (Wildman–Crippen LogP) is 3.70. The van der Waals surface area contributed by atoms with E-state index in [1.807, 2.05) is 29.6 Å². The molecule has 4 aromatic rings. The van der Waals surface area contributed by atoms with Gasteiger partial charge in [0.05, 0.1) is 24.8 Å². The van der Waals surface area contributed by atoms with Gasteiger partial charge in [0.1, 0.15) is 24.2 Å². The highest BCUT2D eigenvalue weighted by atomic mass is 32.1. The van der Waals surface area contributed by atoms with Crippen molar-refractivity contribution in [3.05, 3.63) is 89.2 Å². The minimum Gasteiger partial charge on any atom is -0.487 e. The molecular formula is C29H29FN6O4S. The number of ether oxygens (including phenoxy) is 1. The predicted molar refractivity (Wildman–Crippen MR) is 152 cm³/mol. The first-order valence-corrected chi connectivity index (χ1v) is 14.3. The standard InChI is InChI=1S/C29H29FN6O4S/c30-26-13-19(9-10-31-26)14-34-11-1-4-25(34)28(39)33-29-32-23(18-41-29)24-3-2-12-36(24)20-5-7-21(8-6-20)40-22-15-35(16-22)27(38)17-37/h1,4-11,13,18,22,24,37H,2-3,12,14-17H2,(H,32,33,39)/t24-/m1/s1. The summed E-state index contributed by atoms with van der Waals surface area (Å²) in [4.78, 5) is 36.8. The molecule has 2 amide bonds. The lowest BCUT2D eigenvalue weighted by atomic mass is 10.1. The highest BCUT2D eigenvalue weighted by Crippen LogP contribution is 2.38. The summed E-state index contributed by atoms with van der Waals surface area (Å²) < 4.78 is 21.2. The number of aliphatic hydroxyl groups is 1. The number of aromatic nitrogens is 3. The van der Waals surface area contributed by atoms with Crippen LogP contribution in [0.5, 0.6) is 5.75 Å². The molecule has 0 aliphatic carbocycles. The molecule has 1 aromatic carbocycles. The summed E-state index contributed by atoms with van der Waals surface area (Å²) in [6, 6.07) is 14.6. The largest absolute Gasteiger partial charge is 0.487 e. The third kappa shape index (κ3) is 5.93. The molecule has 41 heavy (non-hydrogen) atoms. The lowest BCUT2D eigenvalue weighted by molar-refractivity contribution is -0.142. The van der Waals surface area contributed by atoms with Gasteiger partial charge in [-0.3, -0.25) is 14.9 Å². The van der Waals surface area contributed by atoms with Crippen LogP contribution in [0.2, 0.25) is 0 Å². The molecule has 6 rings (SSSR count). The first-order valence-electron chi connectivity index (χ1n) is 13.4. The van der Waals surface area contributed by atoms with Crippen molar-refractivity contribution >= 4 is 34.0 Å². The van der Waals surface area contributed by atoms with Crippen molar-refractivity contribution in [1.29, 1.82) is 0 Å². The average Bonchev–Trinajstić information content (AvgIpc) is 3.72. The van der Waals surface area contributed by atoms with E-state index < -0.39 is 12.6 Å². The van der Waals surface area contributed by atoms with E-state index in [4.69, 9.17) is 14.8 Å². The van der Waals surface area contributed by atoms with Gasteiger partial charge in [-0.15, -0.1) is 11.3 Å². The van der Waals surface area contributed by atoms with Crippen LogP contribution >= 0.6 is 11.3 Å². The van der Waals surface area contributed by atoms with Crippen LogP contribution in [0.3, 0.4) is 0 Å². The summed E-state index contributed by atoms with van der Waals surface area (Å²) in [5.74, 6) is -0.374. The van der Waals surface area contributed by atoms with E-state index in [0.29, 0.717) is 36.0 Å². The SMILES string of the molecule is O=C(Nc1nc([C@H]2CCCN2c2ccc(OC3CN(C(=O)CO)C3)cc2)cs1)c1cccn1Cc1ccnc(F)c1. The van der Waals surface area contributed by atoms with Crippen molar-refractivity contribution in [3.63, 3.8) is 0 Å². The number of nitrogens with zero attached hydrogens (tertiary/aromatic N) is 5. The molecule has 0 bridgehead atoms. The summed E-state index contributed by atoms with van der Waals surface area (Å²) in [6.07, 6.45) is 5.11. The third-order valence-corrected chi connectivity index (χ3v) is 8.13. The average molecular weight is 577 g/mol. The maximum atomic E-state index is 13.5. The first kappa shape index (κ1) is 26.9. The first-order chi connectivity index (χ1) is 20.0. The van der Waals surface area contributed by atoms with Crippen molar-refractivity contribution < 1.29 is 23.8 Å². The topological polar surface area (TPSA) is 113 Å². The quantitative estimate of drug-likeness (QED) is 0.292. The van der Waals surface area contributed by atoms with Crippen LogP contribution in [0.15, 0.2) is 66.3 Å². The Labute approximate surface area is 240 Å². The Morgan fingerprint density at radius 2 is 2.00 bits per heavy atom. The van der Waals surface area contributed by atoms with Crippen LogP contribution < -0.4 is 15.0 Å². The minimum atomic E-state index is -0.556. The van der Waals surface area contributed by atoms with Crippen molar-refractivity contribution in [2.75, 3.05) is 36.5 Å². The molecule has 0 spiro atoms. The van der Waals surface area contributed by atoms with Crippen molar-refractivity contribution in [2.45, 2.75) is 31.5 Å². The number of halogens is 1. The number of hydrogen-bond donors (Lipinski definition) is 2. The van der Waals surface area contributed by atoms with Gasteiger partial charge in [-0.25, -0.2) is 9.97 Å². The molecule has 0 radical (unpaired) electrons. The lowest BCUT2D eigenvalue weighted by Gasteiger charge is -2.38. The second kappa shape index (κ2) is 11.7. The zero-order chi connectivity index (χ0) is 28.3. The Bertz CT molecular complexity index is 1530. The number of carbonyl (C=O) groups excluding carboxylic acids is 2. The molecule has 2 N–H and O–H groups in total. The molecule has 2 aliphatic rings. The molecule has 212 valence electrons. The number of carbonyl (C=O) groups is 2. The molecule has 12 heteroatoms. The summed E-state index contributed by atoms with van der Waals surface area (Å²) in [6.45, 7) is 1.73. The summed E-state index contributed by atoms with van der Waals surface area (Å²) >= 11 is 1.39. The smallest absolute Gasteiger partial charge is 0.274 e. The van der Waals surface area contributed by atoms with Gasteiger partial charge in [0, 0.05) is 36.6 Å².